The van der Waals surface area contributed by atoms with Gasteiger partial charge in [-0.2, -0.15) is 0 Å². The first-order chi connectivity index (χ1) is 16.2. The monoisotopic (exact) mass is 545 g/mol. The van der Waals surface area contributed by atoms with Gasteiger partial charge in [0.25, 0.3) is 0 Å². The highest BCUT2D eigenvalue weighted by molar-refractivity contribution is 7.58. The molecule has 0 radical (unpaired) electrons. The first-order valence-electron chi connectivity index (χ1n) is 10.5. The number of likely N-dealkylation sites (N-methyl/N-ethyl adjacent to an activating group) is 1. The molecule has 190 valence electrons. The lowest BCUT2D eigenvalue weighted by molar-refractivity contribution is -0.870. The van der Waals surface area contributed by atoms with Crippen LogP contribution < -0.4 is 4.90 Å². The van der Waals surface area contributed by atoms with E-state index >= 15 is 0 Å². The van der Waals surface area contributed by atoms with Crippen LogP contribution in [-0.2, 0) is 9.36 Å². The SMILES string of the molecule is C=CN(C(=O)C(c1csc2ccc(Cl)cc12)P(C)(=O)O)c1ccc(F)c(F)c1.C[N+](C)(C)CCO. The van der Waals surface area contributed by atoms with E-state index in [4.69, 9.17) is 16.7 Å². The molecular weight excluding hydrogens is 517 g/mol. The third-order valence-electron chi connectivity index (χ3n) is 4.95. The average molecular weight is 546 g/mol. The Morgan fingerprint density at radius 3 is 2.37 bits per heavy atom. The van der Waals surface area contributed by atoms with Crippen molar-refractivity contribution in [2.75, 3.05) is 45.9 Å². The normalized spacial score (nSPS) is 14.0. The van der Waals surface area contributed by atoms with Gasteiger partial charge in [0.1, 0.15) is 12.2 Å². The number of aliphatic hydroxyl groups excluding tert-OH is 1. The van der Waals surface area contributed by atoms with Gasteiger partial charge in [0.2, 0.25) is 13.3 Å². The van der Waals surface area contributed by atoms with Crippen LogP contribution in [0.1, 0.15) is 11.2 Å². The maximum atomic E-state index is 13.6. The molecule has 2 aromatic carbocycles. The van der Waals surface area contributed by atoms with E-state index in [1.165, 1.54) is 17.4 Å². The summed E-state index contributed by atoms with van der Waals surface area (Å²) in [5, 5.41) is 11.0. The van der Waals surface area contributed by atoms with Crippen LogP contribution in [0.4, 0.5) is 14.5 Å². The number of aliphatic hydroxyl groups is 1. The van der Waals surface area contributed by atoms with Crippen molar-refractivity contribution in [1.82, 2.24) is 0 Å². The Bertz CT molecular complexity index is 1260. The summed E-state index contributed by atoms with van der Waals surface area (Å²) < 4.78 is 41.2. The topological polar surface area (TPSA) is 77.8 Å². The Morgan fingerprint density at radius 1 is 1.23 bits per heavy atom. The van der Waals surface area contributed by atoms with E-state index in [0.29, 0.717) is 16.0 Å². The smallest absolute Gasteiger partial charge is 0.248 e. The van der Waals surface area contributed by atoms with E-state index in [0.717, 1.165) is 45.6 Å². The number of amides is 1. The second kappa shape index (κ2) is 11.7. The molecule has 1 aromatic heterocycles. The van der Waals surface area contributed by atoms with Crippen LogP contribution >= 0.6 is 30.3 Å². The quantitative estimate of drug-likeness (QED) is 0.298. The van der Waals surface area contributed by atoms with E-state index < -0.39 is 30.6 Å². The molecule has 0 aliphatic heterocycles. The molecule has 0 spiro atoms. The van der Waals surface area contributed by atoms with Crippen LogP contribution in [0.2, 0.25) is 5.02 Å². The summed E-state index contributed by atoms with van der Waals surface area (Å²) in [5.41, 5.74) is -1.09. The number of nitrogens with zero attached hydrogens (tertiary/aromatic N) is 2. The number of carbonyl (C=O) groups is 1. The van der Waals surface area contributed by atoms with Crippen LogP contribution in [-0.4, -0.2) is 61.3 Å². The molecule has 0 fully saturated rings. The average Bonchev–Trinajstić information content (AvgIpc) is 3.12. The molecule has 0 saturated heterocycles. The number of benzene rings is 2. The minimum absolute atomic E-state index is 0.00471. The summed E-state index contributed by atoms with van der Waals surface area (Å²) in [4.78, 5) is 24.5. The fourth-order valence-corrected chi connectivity index (χ4v) is 5.72. The summed E-state index contributed by atoms with van der Waals surface area (Å²) in [5.74, 6) is -3.00. The molecule has 2 unspecified atom stereocenters. The van der Waals surface area contributed by atoms with Crippen LogP contribution in [0.25, 0.3) is 10.1 Å². The number of fused-ring (bicyclic) bond motifs is 1. The standard InChI is InChI=1S/C19H15ClF2NO3PS.C5H14NO/c1-3-23(12-5-6-15(21)16(22)9-12)19(24)18(27(2,25)26)14-10-28-17-7-4-11(20)8-13(14)17;1-6(2,3)4-5-7/h3-10,18H,1H2,2H3,(H,25,26);7H,4-5H2,1-3H3/q;+1. The van der Waals surface area contributed by atoms with Crippen LogP contribution in [0.15, 0.2) is 54.6 Å². The molecule has 6 nitrogen and oxygen atoms in total. The summed E-state index contributed by atoms with van der Waals surface area (Å²) in [6, 6.07) is 7.94. The van der Waals surface area contributed by atoms with Crippen LogP contribution in [0.3, 0.4) is 0 Å². The lowest BCUT2D eigenvalue weighted by Crippen LogP contribution is -2.36. The van der Waals surface area contributed by atoms with Gasteiger partial charge in [-0.3, -0.25) is 14.3 Å². The maximum Gasteiger partial charge on any atom is 0.248 e. The summed E-state index contributed by atoms with van der Waals surface area (Å²) >= 11 is 7.36. The van der Waals surface area contributed by atoms with E-state index in [1.54, 1.807) is 23.6 Å². The van der Waals surface area contributed by atoms with Crippen molar-refractivity contribution in [2.45, 2.75) is 5.66 Å². The van der Waals surface area contributed by atoms with Crippen molar-refractivity contribution < 1.29 is 32.6 Å². The van der Waals surface area contributed by atoms with Crippen molar-refractivity contribution in [3.63, 3.8) is 0 Å². The lowest BCUT2D eigenvalue weighted by Gasteiger charge is -2.26. The van der Waals surface area contributed by atoms with Gasteiger partial charge in [-0.25, -0.2) is 8.78 Å². The fraction of sp³-hybridized carbons (Fsp3) is 0.292. The highest BCUT2D eigenvalue weighted by Crippen LogP contribution is 2.55. The predicted octanol–water partition coefficient (Wildman–Crippen LogP) is 5.64. The zero-order valence-corrected chi connectivity index (χ0v) is 22.4. The molecule has 0 saturated carbocycles. The molecule has 0 aliphatic rings. The van der Waals surface area contributed by atoms with Crippen molar-refractivity contribution in [2.24, 2.45) is 0 Å². The molecule has 3 rings (SSSR count). The Hall–Kier alpha value is -2.13. The zero-order valence-electron chi connectivity index (χ0n) is 19.9. The summed E-state index contributed by atoms with van der Waals surface area (Å²) in [7, 11) is 2.16. The van der Waals surface area contributed by atoms with Gasteiger partial charge < -0.3 is 14.5 Å². The van der Waals surface area contributed by atoms with Crippen molar-refractivity contribution >= 4 is 52.0 Å². The van der Waals surface area contributed by atoms with E-state index in [-0.39, 0.29) is 12.3 Å². The number of thiophene rings is 1. The Balaban J connectivity index is 0.000000540. The highest BCUT2D eigenvalue weighted by Gasteiger charge is 2.39. The highest BCUT2D eigenvalue weighted by atomic mass is 35.5. The molecular formula is C24H29ClF2N2O4PS+. The second-order valence-corrected chi connectivity index (χ2v) is 12.7. The van der Waals surface area contributed by atoms with E-state index in [1.807, 2.05) is 0 Å². The number of quaternary nitrogens is 1. The van der Waals surface area contributed by atoms with Gasteiger partial charge in [-0.15, -0.1) is 11.3 Å². The first-order valence-corrected chi connectivity index (χ1v) is 13.9. The molecule has 1 heterocycles. The molecule has 2 atom stereocenters. The number of hydrogen-bond acceptors (Lipinski definition) is 4. The summed E-state index contributed by atoms with van der Waals surface area (Å²) in [6.07, 6.45) is 1.10. The minimum Gasteiger partial charge on any atom is -0.391 e. The molecule has 0 bridgehead atoms. The van der Waals surface area contributed by atoms with Gasteiger partial charge in [0, 0.05) is 28.7 Å². The largest absolute Gasteiger partial charge is 0.391 e. The van der Waals surface area contributed by atoms with Gasteiger partial charge in [-0.05, 0) is 46.7 Å². The fourth-order valence-electron chi connectivity index (χ4n) is 3.22. The van der Waals surface area contributed by atoms with Gasteiger partial charge in [0.05, 0.1) is 33.4 Å². The first kappa shape index (κ1) is 29.1. The number of halogens is 3. The molecule has 0 aliphatic carbocycles. The Morgan fingerprint density at radius 2 is 1.89 bits per heavy atom. The van der Waals surface area contributed by atoms with Crippen LogP contribution in [0, 0.1) is 11.6 Å². The van der Waals surface area contributed by atoms with Crippen LogP contribution in [0.5, 0.6) is 0 Å². The van der Waals surface area contributed by atoms with Crippen molar-refractivity contribution in [3.8, 4) is 0 Å². The third kappa shape index (κ3) is 7.67. The minimum atomic E-state index is -3.99. The number of hydrogen-bond donors (Lipinski definition) is 2. The maximum absolute atomic E-state index is 13.6. The van der Waals surface area contributed by atoms with Crippen molar-refractivity contribution in [3.05, 3.63) is 76.8 Å². The van der Waals surface area contributed by atoms with E-state index in [9.17, 15) is 23.0 Å². The zero-order chi connectivity index (χ0) is 26.6. The van der Waals surface area contributed by atoms with Gasteiger partial charge in [0.15, 0.2) is 11.6 Å². The number of rotatable bonds is 7. The molecule has 35 heavy (non-hydrogen) atoms. The Labute approximate surface area is 212 Å². The van der Waals surface area contributed by atoms with Crippen molar-refractivity contribution in [1.29, 1.82) is 0 Å². The van der Waals surface area contributed by atoms with Gasteiger partial charge in [-0.1, -0.05) is 18.2 Å². The second-order valence-electron chi connectivity index (χ2n) is 8.90. The third-order valence-corrected chi connectivity index (χ3v) is 7.62. The molecule has 1 amide bonds. The lowest BCUT2D eigenvalue weighted by atomic mass is 10.1. The molecule has 11 heteroatoms. The van der Waals surface area contributed by atoms with Gasteiger partial charge >= 0.3 is 0 Å². The Kier molecular flexibility index (Phi) is 9.76. The number of anilines is 1. The predicted molar refractivity (Wildman–Crippen MR) is 139 cm³/mol. The molecule has 3 aromatic rings. The molecule has 2 N–H and O–H groups in total. The summed E-state index contributed by atoms with van der Waals surface area (Å²) in [6.45, 7) is 5.73. The number of carbonyl (C=O) groups excluding carboxylic acids is 1. The van der Waals surface area contributed by atoms with E-state index in [2.05, 4.69) is 27.7 Å².